The lowest BCUT2D eigenvalue weighted by atomic mass is 10.1. The smallest absolute Gasteiger partial charge is 0.341 e. The standard InChI is InChI=1S/C20H21Cl2NO3S/c1-5-13-12(4)27-19(18(13)20(25)26-11(2)3)23-17(24)10-9-14-15(21)7-6-8-16(14)22/h6-11H,5H2,1-4H3,(H,23,24). The van der Waals surface area contributed by atoms with Gasteiger partial charge in [-0.1, -0.05) is 36.2 Å². The molecule has 2 aromatic rings. The molecule has 0 aliphatic carbocycles. The van der Waals surface area contributed by atoms with E-state index in [0.29, 0.717) is 32.6 Å². The number of amides is 1. The van der Waals surface area contributed by atoms with Crippen LogP contribution < -0.4 is 5.32 Å². The molecule has 0 aliphatic rings. The molecule has 0 bridgehead atoms. The molecule has 0 radical (unpaired) electrons. The number of thiophene rings is 1. The molecule has 7 heteroatoms. The van der Waals surface area contributed by atoms with Crippen LogP contribution in [0, 0.1) is 6.92 Å². The highest BCUT2D eigenvalue weighted by Crippen LogP contribution is 2.34. The zero-order chi connectivity index (χ0) is 20.1. The van der Waals surface area contributed by atoms with E-state index in [9.17, 15) is 9.59 Å². The molecule has 1 aromatic carbocycles. The Morgan fingerprint density at radius 1 is 1.26 bits per heavy atom. The number of esters is 1. The third kappa shape index (κ3) is 5.34. The Kier molecular flexibility index (Phi) is 7.48. The van der Waals surface area contributed by atoms with Crippen molar-refractivity contribution in [1.82, 2.24) is 0 Å². The summed E-state index contributed by atoms with van der Waals surface area (Å²) in [6, 6.07) is 5.12. The Balaban J connectivity index is 2.27. The maximum atomic E-state index is 12.5. The summed E-state index contributed by atoms with van der Waals surface area (Å²) in [6.07, 6.45) is 3.32. The van der Waals surface area contributed by atoms with E-state index in [1.807, 2.05) is 13.8 Å². The predicted octanol–water partition coefficient (Wildman–Crippen LogP) is 6.14. The van der Waals surface area contributed by atoms with Gasteiger partial charge in [-0.05, 0) is 51.0 Å². The van der Waals surface area contributed by atoms with Gasteiger partial charge in [0, 0.05) is 26.6 Å². The van der Waals surface area contributed by atoms with Crippen molar-refractivity contribution in [3.8, 4) is 0 Å². The Bertz CT molecular complexity index is 867. The summed E-state index contributed by atoms with van der Waals surface area (Å²) in [5, 5.41) is 4.16. The van der Waals surface area contributed by atoms with Gasteiger partial charge in [-0.2, -0.15) is 0 Å². The van der Waals surface area contributed by atoms with E-state index >= 15 is 0 Å². The zero-order valence-electron chi connectivity index (χ0n) is 15.6. The van der Waals surface area contributed by atoms with Crippen molar-refractivity contribution in [1.29, 1.82) is 0 Å². The first-order valence-electron chi connectivity index (χ1n) is 8.50. The quantitative estimate of drug-likeness (QED) is 0.446. The van der Waals surface area contributed by atoms with Crippen LogP contribution in [0.5, 0.6) is 0 Å². The summed E-state index contributed by atoms with van der Waals surface area (Å²) in [6.45, 7) is 7.46. The average Bonchev–Trinajstić information content (AvgIpc) is 2.88. The second kappa shape index (κ2) is 9.40. The summed E-state index contributed by atoms with van der Waals surface area (Å²) in [4.78, 5) is 25.9. The Hall–Kier alpha value is -1.82. The van der Waals surface area contributed by atoms with E-state index in [1.165, 1.54) is 17.4 Å². The second-order valence-corrected chi connectivity index (χ2v) is 8.15. The number of carbonyl (C=O) groups excluding carboxylic acids is 2. The Morgan fingerprint density at radius 3 is 2.44 bits per heavy atom. The minimum absolute atomic E-state index is 0.242. The molecule has 1 N–H and O–H groups in total. The fraction of sp³-hybridized carbons (Fsp3) is 0.300. The number of nitrogens with one attached hydrogen (secondary N) is 1. The second-order valence-electron chi connectivity index (χ2n) is 6.11. The number of anilines is 1. The van der Waals surface area contributed by atoms with Crippen LogP contribution in [0.4, 0.5) is 5.00 Å². The van der Waals surface area contributed by atoms with E-state index in [-0.39, 0.29) is 12.0 Å². The Labute approximate surface area is 173 Å². The van der Waals surface area contributed by atoms with Crippen molar-refractivity contribution >= 4 is 57.5 Å². The summed E-state index contributed by atoms with van der Waals surface area (Å²) < 4.78 is 5.34. The van der Waals surface area contributed by atoms with Crippen molar-refractivity contribution in [2.45, 2.75) is 40.2 Å². The van der Waals surface area contributed by atoms with E-state index in [0.717, 1.165) is 10.4 Å². The first-order valence-corrected chi connectivity index (χ1v) is 10.1. The highest BCUT2D eigenvalue weighted by molar-refractivity contribution is 7.16. The van der Waals surface area contributed by atoms with E-state index in [4.69, 9.17) is 27.9 Å². The molecule has 27 heavy (non-hydrogen) atoms. The number of benzene rings is 1. The number of halogens is 2. The average molecular weight is 426 g/mol. The molecule has 0 unspecified atom stereocenters. The van der Waals surface area contributed by atoms with Gasteiger partial charge in [0.15, 0.2) is 0 Å². The monoisotopic (exact) mass is 425 g/mol. The van der Waals surface area contributed by atoms with Crippen molar-refractivity contribution in [3.05, 3.63) is 55.9 Å². The third-order valence-electron chi connectivity index (χ3n) is 3.75. The highest BCUT2D eigenvalue weighted by Gasteiger charge is 2.24. The molecular formula is C20H21Cl2NO3S. The lowest BCUT2D eigenvalue weighted by Crippen LogP contribution is -2.16. The van der Waals surface area contributed by atoms with Crippen LogP contribution in [0.15, 0.2) is 24.3 Å². The number of ether oxygens (including phenoxy) is 1. The van der Waals surface area contributed by atoms with E-state index < -0.39 is 5.97 Å². The lowest BCUT2D eigenvalue weighted by Gasteiger charge is -2.10. The van der Waals surface area contributed by atoms with Crippen LogP contribution in [0.2, 0.25) is 10.0 Å². The molecule has 0 saturated heterocycles. The molecular weight excluding hydrogens is 405 g/mol. The molecule has 4 nitrogen and oxygen atoms in total. The van der Waals surface area contributed by atoms with Gasteiger partial charge in [0.2, 0.25) is 5.91 Å². The zero-order valence-corrected chi connectivity index (χ0v) is 17.9. The number of aryl methyl sites for hydroxylation is 1. The molecule has 1 heterocycles. The minimum atomic E-state index is -0.431. The molecule has 0 aliphatic heterocycles. The summed E-state index contributed by atoms with van der Waals surface area (Å²) in [5.74, 6) is -0.812. The Morgan fingerprint density at radius 2 is 1.89 bits per heavy atom. The first kappa shape index (κ1) is 21.5. The summed E-state index contributed by atoms with van der Waals surface area (Å²) >= 11 is 13.6. The number of hydrogen-bond acceptors (Lipinski definition) is 4. The van der Waals surface area contributed by atoms with Crippen LogP contribution in [0.25, 0.3) is 6.08 Å². The third-order valence-corrected chi connectivity index (χ3v) is 5.47. The van der Waals surface area contributed by atoms with E-state index in [2.05, 4.69) is 5.32 Å². The molecule has 1 amide bonds. The van der Waals surface area contributed by atoms with Crippen molar-refractivity contribution in [2.75, 3.05) is 5.32 Å². The predicted molar refractivity (Wildman–Crippen MR) is 113 cm³/mol. The largest absolute Gasteiger partial charge is 0.459 e. The van der Waals surface area contributed by atoms with Crippen molar-refractivity contribution < 1.29 is 14.3 Å². The molecule has 0 saturated carbocycles. The molecule has 2 rings (SSSR count). The van der Waals surface area contributed by atoms with Gasteiger partial charge in [-0.15, -0.1) is 11.3 Å². The van der Waals surface area contributed by atoms with Gasteiger partial charge < -0.3 is 10.1 Å². The first-order chi connectivity index (χ1) is 12.7. The van der Waals surface area contributed by atoms with Gasteiger partial charge in [0.05, 0.1) is 11.7 Å². The fourth-order valence-electron chi connectivity index (χ4n) is 2.56. The number of rotatable bonds is 6. The normalized spacial score (nSPS) is 11.2. The molecule has 1 aromatic heterocycles. The minimum Gasteiger partial charge on any atom is -0.459 e. The topological polar surface area (TPSA) is 55.4 Å². The molecule has 144 valence electrons. The molecule has 0 spiro atoms. The summed E-state index contributed by atoms with van der Waals surface area (Å²) in [5.41, 5.74) is 1.87. The van der Waals surface area contributed by atoms with Crippen LogP contribution in [-0.4, -0.2) is 18.0 Å². The lowest BCUT2D eigenvalue weighted by molar-refractivity contribution is -0.111. The fourth-order valence-corrected chi connectivity index (χ4v) is 4.22. The van der Waals surface area contributed by atoms with Crippen LogP contribution >= 0.6 is 34.5 Å². The maximum Gasteiger partial charge on any atom is 0.341 e. The van der Waals surface area contributed by atoms with Gasteiger partial charge in [-0.25, -0.2) is 4.79 Å². The van der Waals surface area contributed by atoms with Gasteiger partial charge >= 0.3 is 5.97 Å². The highest BCUT2D eigenvalue weighted by atomic mass is 35.5. The van der Waals surface area contributed by atoms with Gasteiger partial charge in [0.25, 0.3) is 0 Å². The van der Waals surface area contributed by atoms with Crippen LogP contribution in [0.3, 0.4) is 0 Å². The van der Waals surface area contributed by atoms with Crippen LogP contribution in [0.1, 0.15) is 47.1 Å². The van der Waals surface area contributed by atoms with Crippen molar-refractivity contribution in [2.24, 2.45) is 0 Å². The SMILES string of the molecule is CCc1c(C)sc(NC(=O)C=Cc2c(Cl)cccc2Cl)c1C(=O)OC(C)C. The van der Waals surface area contributed by atoms with Gasteiger partial charge in [0.1, 0.15) is 5.00 Å². The van der Waals surface area contributed by atoms with E-state index in [1.54, 1.807) is 38.1 Å². The van der Waals surface area contributed by atoms with Gasteiger partial charge in [-0.3, -0.25) is 4.79 Å². The molecule has 0 atom stereocenters. The summed E-state index contributed by atoms with van der Waals surface area (Å²) in [7, 11) is 0. The molecule has 0 fully saturated rings. The van der Waals surface area contributed by atoms with Crippen LogP contribution in [-0.2, 0) is 16.0 Å². The maximum absolute atomic E-state index is 12.5. The number of carbonyl (C=O) groups is 2. The van der Waals surface area contributed by atoms with Crippen molar-refractivity contribution in [3.63, 3.8) is 0 Å². The number of hydrogen-bond donors (Lipinski definition) is 1.